The van der Waals surface area contributed by atoms with Crippen LogP contribution in [0.2, 0.25) is 0 Å². The van der Waals surface area contributed by atoms with Crippen LogP contribution in [0.5, 0.6) is 0 Å². The molecule has 10 rings (SSSR count). The summed E-state index contributed by atoms with van der Waals surface area (Å²) in [4.78, 5) is 10.1. The van der Waals surface area contributed by atoms with Crippen LogP contribution in [0, 0.1) is 13.8 Å². The minimum absolute atomic E-state index is 0.644. The largest absolute Gasteiger partial charge is 0.452 e. The summed E-state index contributed by atoms with van der Waals surface area (Å²) >= 11 is 0. The molecule has 0 spiro atoms. The third-order valence-electron chi connectivity index (χ3n) is 10.2. The summed E-state index contributed by atoms with van der Waals surface area (Å²) in [5.41, 5.74) is 15.1. The van der Waals surface area contributed by atoms with E-state index in [1.165, 1.54) is 22.3 Å². The topological polar surface area (TPSA) is 52.1 Å². The Hall–Kier alpha value is -6.78. The standard InChI is InChI=1S/C48H32N2O2/c1-29-11-9-10-16-36(29)41-25-33(18-17-30(41)2)34-19-21-37-39-23-24-40-38-22-20-35(27-45(38)52-47(40)46(39)51-44(37)26-34)48-49-42(31-12-5-3-6-13-31)28-43(50-48)32-14-7-4-8-15-32/h3-28H,1-2H3. The zero-order valence-electron chi connectivity index (χ0n) is 28.7. The molecule has 0 aliphatic heterocycles. The van der Waals surface area contributed by atoms with Crippen molar-refractivity contribution in [2.45, 2.75) is 13.8 Å². The molecule has 7 aromatic carbocycles. The maximum absolute atomic E-state index is 6.64. The Bertz CT molecular complexity index is 2920. The van der Waals surface area contributed by atoms with Crippen molar-refractivity contribution >= 4 is 43.9 Å². The first-order valence-corrected chi connectivity index (χ1v) is 17.6. The summed E-state index contributed by atoms with van der Waals surface area (Å²) in [7, 11) is 0. The molecule has 52 heavy (non-hydrogen) atoms. The first-order valence-electron chi connectivity index (χ1n) is 17.6. The molecule has 4 heteroatoms. The second-order valence-corrected chi connectivity index (χ2v) is 13.5. The zero-order chi connectivity index (χ0) is 34.8. The van der Waals surface area contributed by atoms with Gasteiger partial charge in [-0.3, -0.25) is 0 Å². The average molecular weight is 669 g/mol. The van der Waals surface area contributed by atoms with Gasteiger partial charge < -0.3 is 8.83 Å². The van der Waals surface area contributed by atoms with Crippen molar-refractivity contribution in [2.75, 3.05) is 0 Å². The Balaban J connectivity index is 1.08. The number of furan rings is 2. The van der Waals surface area contributed by atoms with Gasteiger partial charge in [-0.1, -0.05) is 109 Å². The van der Waals surface area contributed by atoms with Gasteiger partial charge >= 0.3 is 0 Å². The fourth-order valence-corrected chi connectivity index (χ4v) is 7.44. The number of fused-ring (bicyclic) bond motifs is 7. The minimum Gasteiger partial charge on any atom is -0.452 e. The number of hydrogen-bond donors (Lipinski definition) is 0. The van der Waals surface area contributed by atoms with Gasteiger partial charge in [-0.15, -0.1) is 0 Å². The van der Waals surface area contributed by atoms with E-state index in [0.29, 0.717) is 5.82 Å². The Morgan fingerprint density at radius 3 is 1.46 bits per heavy atom. The average Bonchev–Trinajstić information content (AvgIpc) is 3.77. The summed E-state index contributed by atoms with van der Waals surface area (Å²) in [6.07, 6.45) is 0. The van der Waals surface area contributed by atoms with Gasteiger partial charge in [0.05, 0.1) is 11.4 Å². The summed E-state index contributed by atoms with van der Waals surface area (Å²) < 4.78 is 13.3. The van der Waals surface area contributed by atoms with E-state index in [2.05, 4.69) is 129 Å². The first-order chi connectivity index (χ1) is 25.6. The highest BCUT2D eigenvalue weighted by molar-refractivity contribution is 6.19. The molecule has 246 valence electrons. The van der Waals surface area contributed by atoms with Crippen molar-refractivity contribution in [3.63, 3.8) is 0 Å². The Morgan fingerprint density at radius 2 is 0.846 bits per heavy atom. The minimum atomic E-state index is 0.644. The molecule has 0 fully saturated rings. The molecule has 0 aliphatic rings. The van der Waals surface area contributed by atoms with Crippen molar-refractivity contribution in [3.05, 3.63) is 169 Å². The Labute approximate surface area is 300 Å². The second-order valence-electron chi connectivity index (χ2n) is 13.5. The van der Waals surface area contributed by atoms with E-state index >= 15 is 0 Å². The molecule has 0 amide bonds. The van der Waals surface area contributed by atoms with Gasteiger partial charge in [0, 0.05) is 38.2 Å². The van der Waals surface area contributed by atoms with Gasteiger partial charge in [-0.25, -0.2) is 9.97 Å². The van der Waals surface area contributed by atoms with Gasteiger partial charge in [0.25, 0.3) is 0 Å². The highest BCUT2D eigenvalue weighted by atomic mass is 16.4. The quantitative estimate of drug-likeness (QED) is 0.183. The van der Waals surface area contributed by atoms with Crippen molar-refractivity contribution in [3.8, 4) is 56.2 Å². The van der Waals surface area contributed by atoms with Crippen LogP contribution in [0.1, 0.15) is 11.1 Å². The van der Waals surface area contributed by atoms with Crippen molar-refractivity contribution in [1.29, 1.82) is 0 Å². The number of nitrogens with zero attached hydrogens (tertiary/aromatic N) is 2. The highest BCUT2D eigenvalue weighted by Crippen LogP contribution is 2.41. The Morgan fingerprint density at radius 1 is 0.365 bits per heavy atom. The maximum atomic E-state index is 6.64. The number of aromatic nitrogens is 2. The summed E-state index contributed by atoms with van der Waals surface area (Å²) in [5, 5.41) is 4.13. The van der Waals surface area contributed by atoms with Gasteiger partial charge in [0.1, 0.15) is 11.2 Å². The summed E-state index contributed by atoms with van der Waals surface area (Å²) in [6, 6.07) is 54.8. The van der Waals surface area contributed by atoms with E-state index in [-0.39, 0.29) is 0 Å². The molecule has 0 N–H and O–H groups in total. The molecule has 4 nitrogen and oxygen atoms in total. The van der Waals surface area contributed by atoms with Crippen molar-refractivity contribution in [2.24, 2.45) is 0 Å². The van der Waals surface area contributed by atoms with Crippen LogP contribution in [-0.2, 0) is 0 Å². The van der Waals surface area contributed by atoms with Crippen LogP contribution in [-0.4, -0.2) is 9.97 Å². The van der Waals surface area contributed by atoms with Crippen LogP contribution < -0.4 is 0 Å². The van der Waals surface area contributed by atoms with Crippen LogP contribution in [0.3, 0.4) is 0 Å². The number of aryl methyl sites for hydroxylation is 2. The van der Waals surface area contributed by atoms with Gasteiger partial charge in [-0.2, -0.15) is 0 Å². The first kappa shape index (κ1) is 30.1. The molecular weight excluding hydrogens is 637 g/mol. The summed E-state index contributed by atoms with van der Waals surface area (Å²) in [6.45, 7) is 4.34. The lowest BCUT2D eigenvalue weighted by atomic mass is 9.93. The molecule has 0 aliphatic carbocycles. The van der Waals surface area contributed by atoms with Crippen molar-refractivity contribution < 1.29 is 8.83 Å². The molecule has 0 atom stereocenters. The number of benzene rings is 7. The molecule has 0 bridgehead atoms. The van der Waals surface area contributed by atoms with E-state index in [9.17, 15) is 0 Å². The van der Waals surface area contributed by atoms with E-state index in [4.69, 9.17) is 18.8 Å². The van der Waals surface area contributed by atoms with Crippen LogP contribution in [0.4, 0.5) is 0 Å². The fourth-order valence-electron chi connectivity index (χ4n) is 7.44. The lowest BCUT2D eigenvalue weighted by Crippen LogP contribution is -1.95. The molecular formula is C48H32N2O2. The van der Waals surface area contributed by atoms with Crippen LogP contribution in [0.15, 0.2) is 167 Å². The van der Waals surface area contributed by atoms with E-state index in [1.54, 1.807) is 0 Å². The second kappa shape index (κ2) is 11.9. The zero-order valence-corrected chi connectivity index (χ0v) is 28.7. The SMILES string of the molecule is Cc1ccccc1-c1cc(-c2ccc3c(c2)oc2c3ccc3c4ccc(-c5nc(-c6ccccc6)cc(-c6ccccc6)n5)cc4oc32)ccc1C. The molecule has 10 aromatic rings. The normalized spacial score (nSPS) is 11.7. The monoisotopic (exact) mass is 668 g/mol. The predicted octanol–water partition coefficient (Wildman–Crippen LogP) is 13.2. The van der Waals surface area contributed by atoms with E-state index < -0.39 is 0 Å². The smallest absolute Gasteiger partial charge is 0.178 e. The molecule has 0 unspecified atom stereocenters. The number of hydrogen-bond acceptors (Lipinski definition) is 4. The fraction of sp³-hybridized carbons (Fsp3) is 0.0417. The maximum Gasteiger partial charge on any atom is 0.178 e. The van der Waals surface area contributed by atoms with Gasteiger partial charge in [0.2, 0.25) is 0 Å². The van der Waals surface area contributed by atoms with E-state index in [0.717, 1.165) is 83.1 Å². The molecule has 0 radical (unpaired) electrons. The third kappa shape index (κ3) is 4.99. The van der Waals surface area contributed by atoms with Crippen molar-refractivity contribution in [1.82, 2.24) is 9.97 Å². The lowest BCUT2D eigenvalue weighted by Gasteiger charge is -2.12. The molecule has 0 saturated heterocycles. The lowest BCUT2D eigenvalue weighted by molar-refractivity contribution is 0.633. The Kier molecular flexibility index (Phi) is 6.90. The van der Waals surface area contributed by atoms with Gasteiger partial charge in [-0.05, 0) is 95.8 Å². The number of rotatable bonds is 5. The highest BCUT2D eigenvalue weighted by Gasteiger charge is 2.18. The molecule has 0 saturated carbocycles. The molecule has 3 heterocycles. The van der Waals surface area contributed by atoms with Crippen LogP contribution >= 0.6 is 0 Å². The third-order valence-corrected chi connectivity index (χ3v) is 10.2. The molecule has 3 aromatic heterocycles. The van der Waals surface area contributed by atoms with Crippen LogP contribution in [0.25, 0.3) is 100 Å². The van der Waals surface area contributed by atoms with E-state index in [1.807, 2.05) is 42.5 Å². The predicted molar refractivity (Wildman–Crippen MR) is 213 cm³/mol. The summed E-state index contributed by atoms with van der Waals surface area (Å²) in [5.74, 6) is 0.644. The van der Waals surface area contributed by atoms with Gasteiger partial charge in [0.15, 0.2) is 17.0 Å².